The monoisotopic (exact) mass is 317 g/mol. The molecule has 1 amide bonds. The van der Waals surface area contributed by atoms with Crippen LogP contribution in [0.5, 0.6) is 0 Å². The number of carbonyl (C=O) groups excluding carboxylic acids is 1. The van der Waals surface area contributed by atoms with Crippen LogP contribution in [0.2, 0.25) is 0 Å². The van der Waals surface area contributed by atoms with Crippen molar-refractivity contribution in [3.05, 3.63) is 41.2 Å². The highest BCUT2D eigenvalue weighted by Crippen LogP contribution is 2.37. The van der Waals surface area contributed by atoms with Crippen LogP contribution >= 0.6 is 11.8 Å². The van der Waals surface area contributed by atoms with Crippen LogP contribution in [0.1, 0.15) is 48.0 Å². The molecule has 2 heterocycles. The van der Waals surface area contributed by atoms with Gasteiger partial charge in [0, 0.05) is 0 Å². The average Bonchev–Trinajstić information content (AvgIpc) is 3.08. The zero-order valence-electron chi connectivity index (χ0n) is 12.5. The number of thioether (sulfide) groups is 1. The maximum atomic E-state index is 12.7. The third-order valence-corrected chi connectivity index (χ3v) is 5.04. The van der Waals surface area contributed by atoms with Crippen LogP contribution in [0.4, 0.5) is 0 Å². The Morgan fingerprint density at radius 2 is 2.36 bits per heavy atom. The second-order valence-corrected chi connectivity index (χ2v) is 6.53. The third-order valence-electron chi connectivity index (χ3n) is 3.80. The van der Waals surface area contributed by atoms with Crippen molar-refractivity contribution in [2.45, 2.75) is 37.5 Å². The summed E-state index contributed by atoms with van der Waals surface area (Å²) in [7, 11) is 0. The van der Waals surface area contributed by atoms with Crippen LogP contribution in [-0.4, -0.2) is 32.3 Å². The molecule has 116 valence electrons. The van der Waals surface area contributed by atoms with Crippen LogP contribution in [-0.2, 0) is 11.2 Å². The standard InChI is InChI=1S/C15H19N5OS/c1-2-5-12(14-17-19-20-18-14)16-15(21)13-11-7-4-3-6-10(11)8-9-22-13/h3-4,6-7,12-13H,2,5,8-9H2,1H3,(H,16,21)(H,17,18,19,20)/t12-,13-/m1/s1. The SMILES string of the molecule is CCC[C@@H](NC(=O)[C@@H]1SCCc2ccccc21)c1nn[nH]n1. The number of hydrogen-bond donors (Lipinski definition) is 2. The van der Waals surface area contributed by atoms with Crippen LogP contribution in [0.3, 0.4) is 0 Å². The van der Waals surface area contributed by atoms with Crippen molar-refractivity contribution in [3.8, 4) is 0 Å². The van der Waals surface area contributed by atoms with E-state index in [9.17, 15) is 4.79 Å². The fraction of sp³-hybridized carbons (Fsp3) is 0.467. The first-order chi connectivity index (χ1) is 10.8. The van der Waals surface area contributed by atoms with Crippen molar-refractivity contribution < 1.29 is 4.79 Å². The van der Waals surface area contributed by atoms with Gasteiger partial charge in [0.05, 0.1) is 6.04 Å². The van der Waals surface area contributed by atoms with Gasteiger partial charge in [-0.15, -0.1) is 22.0 Å². The highest BCUT2D eigenvalue weighted by molar-refractivity contribution is 8.00. The minimum atomic E-state index is -0.189. The molecular formula is C15H19N5OS. The predicted octanol–water partition coefficient (Wildman–Crippen LogP) is 2.19. The van der Waals surface area contributed by atoms with Gasteiger partial charge in [0.25, 0.3) is 0 Å². The first-order valence-electron chi connectivity index (χ1n) is 7.52. The van der Waals surface area contributed by atoms with E-state index in [4.69, 9.17) is 0 Å². The number of carbonyl (C=O) groups is 1. The lowest BCUT2D eigenvalue weighted by molar-refractivity contribution is -0.121. The topological polar surface area (TPSA) is 83.6 Å². The number of aromatic nitrogens is 4. The Bertz CT molecular complexity index is 631. The van der Waals surface area contributed by atoms with Gasteiger partial charge in [0.15, 0.2) is 5.82 Å². The van der Waals surface area contributed by atoms with E-state index in [1.54, 1.807) is 11.8 Å². The van der Waals surface area contributed by atoms with Crippen molar-refractivity contribution in [2.75, 3.05) is 5.75 Å². The van der Waals surface area contributed by atoms with E-state index in [1.165, 1.54) is 5.56 Å². The van der Waals surface area contributed by atoms with Gasteiger partial charge < -0.3 is 5.32 Å². The molecular weight excluding hydrogens is 298 g/mol. The van der Waals surface area contributed by atoms with E-state index in [2.05, 4.69) is 45.0 Å². The number of tetrazole rings is 1. The first-order valence-corrected chi connectivity index (χ1v) is 8.57. The van der Waals surface area contributed by atoms with Gasteiger partial charge >= 0.3 is 0 Å². The second-order valence-electron chi connectivity index (χ2n) is 5.32. The van der Waals surface area contributed by atoms with Crippen LogP contribution in [0, 0.1) is 0 Å². The maximum absolute atomic E-state index is 12.7. The summed E-state index contributed by atoms with van der Waals surface area (Å²) in [6.07, 6.45) is 2.76. The molecule has 1 aromatic heterocycles. The number of nitrogens with one attached hydrogen (secondary N) is 2. The zero-order valence-corrected chi connectivity index (χ0v) is 13.3. The normalized spacial score (nSPS) is 18.5. The molecule has 1 aromatic carbocycles. The third kappa shape index (κ3) is 3.14. The molecule has 1 aliphatic heterocycles. The van der Waals surface area contributed by atoms with Gasteiger partial charge in [0.2, 0.25) is 5.91 Å². The largest absolute Gasteiger partial charge is 0.345 e. The molecule has 0 unspecified atom stereocenters. The summed E-state index contributed by atoms with van der Waals surface area (Å²) in [5, 5.41) is 17.0. The summed E-state index contributed by atoms with van der Waals surface area (Å²) in [5.41, 5.74) is 2.40. The Kier molecular flexibility index (Phi) is 4.72. The number of H-pyrrole nitrogens is 1. The molecule has 0 spiro atoms. The van der Waals surface area contributed by atoms with Gasteiger partial charge in [-0.05, 0) is 29.7 Å². The smallest absolute Gasteiger partial charge is 0.238 e. The van der Waals surface area contributed by atoms with Gasteiger partial charge in [-0.25, -0.2) is 0 Å². The van der Waals surface area contributed by atoms with Crippen molar-refractivity contribution in [2.24, 2.45) is 0 Å². The van der Waals surface area contributed by atoms with Crippen molar-refractivity contribution >= 4 is 17.7 Å². The minimum Gasteiger partial charge on any atom is -0.345 e. The lowest BCUT2D eigenvalue weighted by atomic mass is 10.0. The molecule has 0 radical (unpaired) electrons. The summed E-state index contributed by atoms with van der Waals surface area (Å²) in [4.78, 5) is 12.7. The van der Waals surface area contributed by atoms with E-state index in [0.29, 0.717) is 5.82 Å². The van der Waals surface area contributed by atoms with Crippen molar-refractivity contribution in [1.29, 1.82) is 0 Å². The van der Waals surface area contributed by atoms with E-state index in [1.807, 2.05) is 12.1 Å². The average molecular weight is 317 g/mol. The molecule has 0 saturated carbocycles. The number of nitrogens with zero attached hydrogens (tertiary/aromatic N) is 3. The van der Waals surface area contributed by atoms with E-state index in [-0.39, 0.29) is 17.2 Å². The molecule has 0 bridgehead atoms. The lowest BCUT2D eigenvalue weighted by Crippen LogP contribution is -2.34. The number of amides is 1. The summed E-state index contributed by atoms with van der Waals surface area (Å²) in [6.45, 7) is 2.07. The Morgan fingerprint density at radius 1 is 1.50 bits per heavy atom. The molecule has 6 nitrogen and oxygen atoms in total. The van der Waals surface area contributed by atoms with Crippen LogP contribution < -0.4 is 5.32 Å². The molecule has 0 saturated heterocycles. The number of fused-ring (bicyclic) bond motifs is 1. The van der Waals surface area contributed by atoms with Crippen molar-refractivity contribution in [3.63, 3.8) is 0 Å². The Morgan fingerprint density at radius 3 is 3.14 bits per heavy atom. The second kappa shape index (κ2) is 6.91. The van der Waals surface area contributed by atoms with Gasteiger partial charge in [0.1, 0.15) is 5.25 Å². The number of benzene rings is 1. The summed E-state index contributed by atoms with van der Waals surface area (Å²) in [5.74, 6) is 1.54. The molecule has 1 aliphatic rings. The predicted molar refractivity (Wildman–Crippen MR) is 85.3 cm³/mol. The van der Waals surface area contributed by atoms with E-state index in [0.717, 1.165) is 30.6 Å². The molecule has 2 N–H and O–H groups in total. The minimum absolute atomic E-state index is 0.0281. The Hall–Kier alpha value is -1.89. The first kappa shape index (κ1) is 15.0. The zero-order chi connectivity index (χ0) is 15.4. The fourth-order valence-electron chi connectivity index (χ4n) is 2.73. The van der Waals surface area contributed by atoms with Crippen LogP contribution in [0.15, 0.2) is 24.3 Å². The summed E-state index contributed by atoms with van der Waals surface area (Å²) in [6, 6.07) is 8.00. The number of rotatable bonds is 5. The summed E-state index contributed by atoms with van der Waals surface area (Å²) < 4.78 is 0. The van der Waals surface area contributed by atoms with Gasteiger partial charge in [-0.1, -0.05) is 42.8 Å². The molecule has 2 atom stereocenters. The molecule has 0 aliphatic carbocycles. The van der Waals surface area contributed by atoms with Crippen LogP contribution in [0.25, 0.3) is 0 Å². The van der Waals surface area contributed by atoms with Crippen molar-refractivity contribution in [1.82, 2.24) is 25.9 Å². The molecule has 2 aromatic rings. The number of aromatic amines is 1. The molecule has 3 rings (SSSR count). The Labute approximate surface area is 133 Å². The highest BCUT2D eigenvalue weighted by atomic mass is 32.2. The van der Waals surface area contributed by atoms with E-state index >= 15 is 0 Å². The number of hydrogen-bond acceptors (Lipinski definition) is 5. The molecule has 7 heteroatoms. The van der Waals surface area contributed by atoms with E-state index < -0.39 is 0 Å². The molecule has 0 fully saturated rings. The number of aryl methyl sites for hydroxylation is 1. The fourth-order valence-corrected chi connectivity index (χ4v) is 3.93. The Balaban J connectivity index is 1.77. The quantitative estimate of drug-likeness (QED) is 0.883. The van der Waals surface area contributed by atoms with Gasteiger partial charge in [-0.2, -0.15) is 5.21 Å². The highest BCUT2D eigenvalue weighted by Gasteiger charge is 2.29. The molecule has 22 heavy (non-hydrogen) atoms. The van der Waals surface area contributed by atoms with Gasteiger partial charge in [-0.3, -0.25) is 4.79 Å². The maximum Gasteiger partial charge on any atom is 0.238 e. The lowest BCUT2D eigenvalue weighted by Gasteiger charge is -2.26. The summed E-state index contributed by atoms with van der Waals surface area (Å²) >= 11 is 1.70.